The summed E-state index contributed by atoms with van der Waals surface area (Å²) in [4.78, 5) is 0. The number of benzene rings is 2. The smallest absolute Gasteiger partial charge is 0.0991 e. The van der Waals surface area contributed by atoms with Crippen LogP contribution in [0.1, 0.15) is 5.56 Å². The van der Waals surface area contributed by atoms with Gasteiger partial charge >= 0.3 is 0 Å². The number of nitrogens with two attached hydrogens (primary N) is 1. The highest BCUT2D eigenvalue weighted by atomic mass is 14.5. The lowest BCUT2D eigenvalue weighted by molar-refractivity contribution is 1.48. The van der Waals surface area contributed by atoms with Crippen LogP contribution >= 0.6 is 0 Å². The molecule has 2 rings (SSSR count). The molecule has 0 heterocycles. The second kappa shape index (κ2) is 3.85. The van der Waals surface area contributed by atoms with Crippen molar-refractivity contribution in [3.63, 3.8) is 0 Å². The van der Waals surface area contributed by atoms with Gasteiger partial charge in [-0.1, -0.05) is 24.3 Å². The average molecular weight is 194 g/mol. The molecule has 0 radical (unpaired) electrons. The van der Waals surface area contributed by atoms with Crippen LogP contribution in [-0.4, -0.2) is 0 Å². The van der Waals surface area contributed by atoms with Crippen molar-refractivity contribution in [2.24, 2.45) is 0 Å². The summed E-state index contributed by atoms with van der Waals surface area (Å²) in [6.07, 6.45) is 0. The normalized spacial score (nSPS) is 9.53. The Labute approximate surface area is 88.6 Å². The molecular formula is C13H10N2. The van der Waals surface area contributed by atoms with E-state index in [0.717, 1.165) is 16.8 Å². The first-order valence-corrected chi connectivity index (χ1v) is 4.66. The van der Waals surface area contributed by atoms with Crippen molar-refractivity contribution < 1.29 is 0 Å². The summed E-state index contributed by atoms with van der Waals surface area (Å²) >= 11 is 0. The summed E-state index contributed by atoms with van der Waals surface area (Å²) in [7, 11) is 0. The highest BCUT2D eigenvalue weighted by molar-refractivity contribution is 5.66. The predicted molar refractivity (Wildman–Crippen MR) is 61.0 cm³/mol. The molecule has 2 aromatic rings. The zero-order chi connectivity index (χ0) is 10.7. The number of hydrogen-bond acceptors (Lipinski definition) is 2. The van der Waals surface area contributed by atoms with E-state index in [0.29, 0.717) is 5.56 Å². The molecule has 0 unspecified atom stereocenters. The lowest BCUT2D eigenvalue weighted by Crippen LogP contribution is -1.84. The van der Waals surface area contributed by atoms with Gasteiger partial charge < -0.3 is 5.73 Å². The highest BCUT2D eigenvalue weighted by Gasteiger charge is 1.98. The average Bonchev–Trinajstić information content (AvgIpc) is 2.30. The fourth-order valence-corrected chi connectivity index (χ4v) is 1.44. The summed E-state index contributed by atoms with van der Waals surface area (Å²) in [5, 5.41) is 8.78. The Kier molecular flexibility index (Phi) is 2.38. The third-order valence-corrected chi connectivity index (χ3v) is 2.24. The molecule has 0 fully saturated rings. The Morgan fingerprint density at radius 3 is 2.33 bits per heavy atom. The van der Waals surface area contributed by atoms with Crippen LogP contribution in [0.25, 0.3) is 11.1 Å². The third kappa shape index (κ3) is 1.97. The van der Waals surface area contributed by atoms with Crippen LogP contribution in [0, 0.1) is 11.3 Å². The predicted octanol–water partition coefficient (Wildman–Crippen LogP) is 2.81. The van der Waals surface area contributed by atoms with Gasteiger partial charge in [0.05, 0.1) is 11.6 Å². The zero-order valence-electron chi connectivity index (χ0n) is 8.14. The molecular weight excluding hydrogens is 184 g/mol. The van der Waals surface area contributed by atoms with E-state index in [4.69, 9.17) is 11.0 Å². The van der Waals surface area contributed by atoms with Crippen LogP contribution in [-0.2, 0) is 0 Å². The van der Waals surface area contributed by atoms with E-state index >= 15 is 0 Å². The topological polar surface area (TPSA) is 49.8 Å². The maximum Gasteiger partial charge on any atom is 0.0991 e. The maximum atomic E-state index is 8.78. The van der Waals surface area contributed by atoms with Gasteiger partial charge in [0.15, 0.2) is 0 Å². The zero-order valence-corrected chi connectivity index (χ0v) is 8.14. The molecule has 0 amide bonds. The first kappa shape index (κ1) is 9.29. The van der Waals surface area contributed by atoms with E-state index in [2.05, 4.69) is 6.07 Å². The number of rotatable bonds is 1. The van der Waals surface area contributed by atoms with Gasteiger partial charge in [-0.05, 0) is 35.4 Å². The van der Waals surface area contributed by atoms with Crippen LogP contribution in [0.5, 0.6) is 0 Å². The molecule has 0 spiro atoms. The van der Waals surface area contributed by atoms with E-state index < -0.39 is 0 Å². The largest absolute Gasteiger partial charge is 0.399 e. The molecule has 0 saturated carbocycles. The highest BCUT2D eigenvalue weighted by Crippen LogP contribution is 2.21. The summed E-state index contributed by atoms with van der Waals surface area (Å²) in [5.41, 5.74) is 9.13. The Morgan fingerprint density at radius 2 is 1.67 bits per heavy atom. The molecule has 0 aromatic heterocycles. The monoisotopic (exact) mass is 194 g/mol. The number of anilines is 1. The molecule has 15 heavy (non-hydrogen) atoms. The molecule has 2 nitrogen and oxygen atoms in total. The number of nitriles is 1. The van der Waals surface area contributed by atoms with Crippen molar-refractivity contribution >= 4 is 5.69 Å². The fourth-order valence-electron chi connectivity index (χ4n) is 1.44. The van der Waals surface area contributed by atoms with Crippen molar-refractivity contribution in [3.8, 4) is 17.2 Å². The minimum atomic E-state index is 0.671. The number of nitrogens with zero attached hydrogens (tertiary/aromatic N) is 1. The van der Waals surface area contributed by atoms with E-state index in [1.54, 1.807) is 6.07 Å². The molecule has 0 saturated heterocycles. The molecule has 2 heteroatoms. The van der Waals surface area contributed by atoms with Gasteiger partial charge in [-0.3, -0.25) is 0 Å². The lowest BCUT2D eigenvalue weighted by Gasteiger charge is -2.02. The molecule has 0 aliphatic carbocycles. The van der Waals surface area contributed by atoms with E-state index in [-0.39, 0.29) is 0 Å². The standard InChI is InChI=1S/C13H10N2/c14-9-10-2-1-3-12(8-10)11-4-6-13(15)7-5-11/h1-8H,15H2. The third-order valence-electron chi connectivity index (χ3n) is 2.24. The maximum absolute atomic E-state index is 8.78. The van der Waals surface area contributed by atoms with Gasteiger partial charge in [0.1, 0.15) is 0 Å². The molecule has 2 N–H and O–H groups in total. The van der Waals surface area contributed by atoms with Crippen molar-refractivity contribution in [2.45, 2.75) is 0 Å². The molecule has 0 aliphatic rings. The van der Waals surface area contributed by atoms with E-state index in [1.165, 1.54) is 0 Å². The van der Waals surface area contributed by atoms with Crippen molar-refractivity contribution in [2.75, 3.05) is 5.73 Å². The van der Waals surface area contributed by atoms with Crippen LogP contribution in [0.4, 0.5) is 5.69 Å². The second-order valence-corrected chi connectivity index (χ2v) is 3.31. The van der Waals surface area contributed by atoms with Crippen LogP contribution < -0.4 is 5.73 Å². The van der Waals surface area contributed by atoms with Crippen LogP contribution in [0.2, 0.25) is 0 Å². The summed E-state index contributed by atoms with van der Waals surface area (Å²) < 4.78 is 0. The van der Waals surface area contributed by atoms with Crippen LogP contribution in [0.3, 0.4) is 0 Å². The second-order valence-electron chi connectivity index (χ2n) is 3.31. The summed E-state index contributed by atoms with van der Waals surface area (Å²) in [5.74, 6) is 0. The van der Waals surface area contributed by atoms with Gasteiger partial charge in [0, 0.05) is 5.69 Å². The first-order valence-electron chi connectivity index (χ1n) is 4.66. The van der Waals surface area contributed by atoms with Gasteiger partial charge in [-0.25, -0.2) is 0 Å². The SMILES string of the molecule is N#Cc1cccc(-c2ccc(N)cc2)c1. The molecule has 0 aliphatic heterocycles. The molecule has 2 aromatic carbocycles. The Balaban J connectivity index is 2.46. The van der Waals surface area contributed by atoms with Gasteiger partial charge in [0.2, 0.25) is 0 Å². The van der Waals surface area contributed by atoms with Crippen molar-refractivity contribution in [1.29, 1.82) is 5.26 Å². The van der Waals surface area contributed by atoms with Crippen molar-refractivity contribution in [3.05, 3.63) is 54.1 Å². The Morgan fingerprint density at radius 1 is 0.933 bits per heavy atom. The van der Waals surface area contributed by atoms with Gasteiger partial charge in [0.25, 0.3) is 0 Å². The van der Waals surface area contributed by atoms with Gasteiger partial charge in [-0.15, -0.1) is 0 Å². The Bertz CT molecular complexity index is 507. The minimum absolute atomic E-state index is 0.671. The first-order chi connectivity index (χ1) is 7.29. The van der Waals surface area contributed by atoms with E-state index in [9.17, 15) is 0 Å². The summed E-state index contributed by atoms with van der Waals surface area (Å²) in [6, 6.07) is 17.3. The number of nitrogen functional groups attached to an aromatic ring is 1. The molecule has 72 valence electrons. The fraction of sp³-hybridized carbons (Fsp3) is 0. The molecule has 0 atom stereocenters. The van der Waals surface area contributed by atoms with Crippen LogP contribution in [0.15, 0.2) is 48.5 Å². The minimum Gasteiger partial charge on any atom is -0.399 e. The quantitative estimate of drug-likeness (QED) is 0.709. The Hall–Kier alpha value is -2.27. The van der Waals surface area contributed by atoms with Gasteiger partial charge in [-0.2, -0.15) is 5.26 Å². The number of hydrogen-bond donors (Lipinski definition) is 1. The molecule has 0 bridgehead atoms. The van der Waals surface area contributed by atoms with Crippen molar-refractivity contribution in [1.82, 2.24) is 0 Å². The lowest BCUT2D eigenvalue weighted by atomic mass is 10.0. The van der Waals surface area contributed by atoms with E-state index in [1.807, 2.05) is 42.5 Å². The summed E-state index contributed by atoms with van der Waals surface area (Å²) in [6.45, 7) is 0.